The Morgan fingerprint density at radius 2 is 2.55 bits per heavy atom. The molecule has 1 N–H and O–H groups in total. The first-order chi connectivity index (χ1) is 5.33. The van der Waals surface area contributed by atoms with Crippen LogP contribution >= 0.6 is 0 Å². The number of hydrogen-bond donors (Lipinski definition) is 1. The Morgan fingerprint density at radius 1 is 1.73 bits per heavy atom. The zero-order valence-corrected chi connectivity index (χ0v) is 5.94. The van der Waals surface area contributed by atoms with Crippen LogP contribution in [0.3, 0.4) is 0 Å². The fourth-order valence-electron chi connectivity index (χ4n) is 0.524. The average Bonchev–Trinajstić information content (AvgIpc) is 2.06. The summed E-state index contributed by atoms with van der Waals surface area (Å²) in [4.78, 5) is 10.6. The predicted octanol–water partition coefficient (Wildman–Crippen LogP) is 0.655. The van der Waals surface area contributed by atoms with Gasteiger partial charge in [-0.15, -0.1) is 5.10 Å². The zero-order valence-electron chi connectivity index (χ0n) is 5.94. The van der Waals surface area contributed by atoms with Crippen molar-refractivity contribution in [1.29, 1.82) is 0 Å². The van der Waals surface area contributed by atoms with Gasteiger partial charge in [-0.2, -0.15) is 5.10 Å². The molecular weight excluding hydrogens is 146 g/mol. The molecule has 0 spiro atoms. The number of aromatic nitrogens is 2. The largest absolute Gasteiger partial charge is 0.453 e. The van der Waals surface area contributed by atoms with Crippen LogP contribution in [0.4, 0.5) is 10.6 Å². The molecule has 0 aliphatic carbocycles. The molecule has 5 nitrogen and oxygen atoms in total. The van der Waals surface area contributed by atoms with Crippen molar-refractivity contribution in [3.05, 3.63) is 18.3 Å². The molecule has 0 fully saturated rings. The third-order valence-electron chi connectivity index (χ3n) is 0.988. The topological polar surface area (TPSA) is 64.1 Å². The van der Waals surface area contributed by atoms with Crippen molar-refractivity contribution < 1.29 is 9.53 Å². The van der Waals surface area contributed by atoms with E-state index in [1.807, 2.05) is 0 Å². The molecule has 1 heterocycles. The van der Waals surface area contributed by atoms with E-state index in [1.54, 1.807) is 12.1 Å². The van der Waals surface area contributed by atoms with Crippen molar-refractivity contribution in [2.45, 2.75) is 0 Å². The molecule has 0 radical (unpaired) electrons. The second kappa shape index (κ2) is 3.50. The molecule has 1 aromatic rings. The van der Waals surface area contributed by atoms with Crippen molar-refractivity contribution in [3.63, 3.8) is 0 Å². The highest BCUT2D eigenvalue weighted by atomic mass is 16.5. The minimum absolute atomic E-state index is 0.374. The van der Waals surface area contributed by atoms with Crippen LogP contribution in [0.15, 0.2) is 18.3 Å². The van der Waals surface area contributed by atoms with E-state index < -0.39 is 6.09 Å². The van der Waals surface area contributed by atoms with Crippen molar-refractivity contribution in [2.75, 3.05) is 12.4 Å². The molecule has 1 rings (SSSR count). The van der Waals surface area contributed by atoms with Gasteiger partial charge in [0.2, 0.25) is 0 Å². The lowest BCUT2D eigenvalue weighted by molar-refractivity contribution is 0.187. The smallest absolute Gasteiger partial charge is 0.412 e. The van der Waals surface area contributed by atoms with E-state index in [9.17, 15) is 4.79 Å². The molecule has 5 heteroatoms. The molecule has 0 aromatic carbocycles. The van der Waals surface area contributed by atoms with Crippen molar-refractivity contribution in [3.8, 4) is 0 Å². The van der Waals surface area contributed by atoms with E-state index in [1.165, 1.54) is 13.3 Å². The number of carbonyl (C=O) groups is 1. The number of ether oxygens (including phenoxy) is 1. The Hall–Kier alpha value is -1.65. The highest BCUT2D eigenvalue weighted by molar-refractivity contribution is 5.82. The van der Waals surface area contributed by atoms with Crippen molar-refractivity contribution in [2.24, 2.45) is 0 Å². The average molecular weight is 153 g/mol. The molecule has 0 bridgehead atoms. The molecule has 58 valence electrons. The van der Waals surface area contributed by atoms with Crippen LogP contribution in [-0.4, -0.2) is 23.4 Å². The Balaban J connectivity index is 2.58. The summed E-state index contributed by atoms with van der Waals surface area (Å²) in [6.45, 7) is 0. The number of nitrogens with one attached hydrogen (secondary N) is 1. The molecule has 1 amide bonds. The van der Waals surface area contributed by atoms with E-state index in [0.717, 1.165) is 0 Å². The fourth-order valence-corrected chi connectivity index (χ4v) is 0.524. The zero-order chi connectivity index (χ0) is 8.10. The molecule has 11 heavy (non-hydrogen) atoms. The highest BCUT2D eigenvalue weighted by Crippen LogP contribution is 1.97. The maximum Gasteiger partial charge on any atom is 0.412 e. The summed E-state index contributed by atoms with van der Waals surface area (Å²) in [5.74, 6) is 0.374. The van der Waals surface area contributed by atoms with Gasteiger partial charge in [-0.25, -0.2) is 4.79 Å². The molecule has 1 aromatic heterocycles. The first kappa shape index (κ1) is 7.46. The van der Waals surface area contributed by atoms with Crippen LogP contribution in [0.1, 0.15) is 0 Å². The normalized spacial score (nSPS) is 8.82. The summed E-state index contributed by atoms with van der Waals surface area (Å²) in [7, 11) is 1.28. The lowest BCUT2D eigenvalue weighted by Gasteiger charge is -1.99. The number of rotatable bonds is 1. The quantitative estimate of drug-likeness (QED) is 0.643. The standard InChI is InChI=1S/C6H7N3O2/c1-11-6(10)8-5-3-2-4-7-9-5/h2-4H,1H3,(H,8,9,10). The number of anilines is 1. The summed E-state index contributed by atoms with van der Waals surface area (Å²) < 4.78 is 4.34. The van der Waals surface area contributed by atoms with Gasteiger partial charge < -0.3 is 4.74 Å². The second-order valence-electron chi connectivity index (χ2n) is 1.73. The van der Waals surface area contributed by atoms with Gasteiger partial charge in [0, 0.05) is 6.20 Å². The van der Waals surface area contributed by atoms with E-state index in [0.29, 0.717) is 5.82 Å². The van der Waals surface area contributed by atoms with E-state index >= 15 is 0 Å². The number of methoxy groups -OCH3 is 1. The van der Waals surface area contributed by atoms with Gasteiger partial charge in [0.15, 0.2) is 5.82 Å². The SMILES string of the molecule is COC(=O)Nc1cccnn1. The molecule has 0 saturated heterocycles. The molecule has 0 aliphatic heterocycles. The van der Waals surface area contributed by atoms with E-state index in [2.05, 4.69) is 20.3 Å². The predicted molar refractivity (Wildman–Crippen MR) is 38.1 cm³/mol. The maximum atomic E-state index is 10.6. The van der Waals surface area contributed by atoms with Crippen LogP contribution in [0, 0.1) is 0 Å². The van der Waals surface area contributed by atoms with Gasteiger partial charge >= 0.3 is 6.09 Å². The minimum Gasteiger partial charge on any atom is -0.453 e. The first-order valence-corrected chi connectivity index (χ1v) is 2.95. The molecule has 0 aliphatic rings. The van der Waals surface area contributed by atoms with Gasteiger partial charge in [-0.1, -0.05) is 0 Å². The van der Waals surface area contributed by atoms with Crippen LogP contribution in [0.25, 0.3) is 0 Å². The third kappa shape index (κ3) is 2.21. The fraction of sp³-hybridized carbons (Fsp3) is 0.167. The summed E-state index contributed by atoms with van der Waals surface area (Å²) in [6, 6.07) is 3.28. The molecule has 0 unspecified atom stereocenters. The summed E-state index contributed by atoms with van der Waals surface area (Å²) in [5, 5.41) is 9.51. The minimum atomic E-state index is -0.550. The van der Waals surface area contributed by atoms with E-state index in [-0.39, 0.29) is 0 Å². The number of nitrogens with zero attached hydrogens (tertiary/aromatic N) is 2. The monoisotopic (exact) mass is 153 g/mol. The van der Waals surface area contributed by atoms with Crippen LogP contribution in [-0.2, 0) is 4.74 Å². The first-order valence-electron chi connectivity index (χ1n) is 2.95. The number of hydrogen-bond acceptors (Lipinski definition) is 4. The van der Waals surface area contributed by atoms with Gasteiger partial charge in [0.25, 0.3) is 0 Å². The van der Waals surface area contributed by atoms with Crippen molar-refractivity contribution >= 4 is 11.9 Å². The lowest BCUT2D eigenvalue weighted by atomic mass is 10.5. The maximum absolute atomic E-state index is 10.6. The number of amides is 1. The van der Waals surface area contributed by atoms with Crippen LogP contribution in [0.5, 0.6) is 0 Å². The third-order valence-corrected chi connectivity index (χ3v) is 0.988. The van der Waals surface area contributed by atoms with Crippen LogP contribution in [0.2, 0.25) is 0 Å². The Kier molecular flexibility index (Phi) is 2.37. The van der Waals surface area contributed by atoms with Gasteiger partial charge in [-0.05, 0) is 12.1 Å². The Bertz CT molecular complexity index is 237. The Morgan fingerprint density at radius 3 is 3.09 bits per heavy atom. The molecule has 0 saturated carbocycles. The number of carbonyl (C=O) groups excluding carboxylic acids is 1. The Labute approximate surface area is 63.4 Å². The second-order valence-corrected chi connectivity index (χ2v) is 1.73. The van der Waals surface area contributed by atoms with Crippen LogP contribution < -0.4 is 5.32 Å². The summed E-state index contributed by atoms with van der Waals surface area (Å²) in [5.41, 5.74) is 0. The van der Waals surface area contributed by atoms with E-state index in [4.69, 9.17) is 0 Å². The lowest BCUT2D eigenvalue weighted by Crippen LogP contribution is -2.12. The highest BCUT2D eigenvalue weighted by Gasteiger charge is 1.99. The molecule has 0 atom stereocenters. The van der Waals surface area contributed by atoms with Crippen molar-refractivity contribution in [1.82, 2.24) is 10.2 Å². The van der Waals surface area contributed by atoms with Gasteiger partial charge in [0.05, 0.1) is 7.11 Å². The van der Waals surface area contributed by atoms with Gasteiger partial charge in [-0.3, -0.25) is 5.32 Å². The molecular formula is C6H7N3O2. The van der Waals surface area contributed by atoms with Gasteiger partial charge in [0.1, 0.15) is 0 Å². The summed E-state index contributed by atoms with van der Waals surface area (Å²) >= 11 is 0. The summed E-state index contributed by atoms with van der Waals surface area (Å²) in [6.07, 6.45) is 0.966.